The van der Waals surface area contributed by atoms with Gasteiger partial charge in [0.05, 0.1) is 23.4 Å². The van der Waals surface area contributed by atoms with Crippen LogP contribution in [0, 0.1) is 6.92 Å². The number of ether oxygens (including phenoxy) is 1. The normalized spacial score (nSPS) is 11.0. The standard InChI is InChI=1S/C18H21ClN4O3/c1-10-8-14(15(24)23-18(2,3)4)22-17(20-10)21-13-9-11(16(25)26-5)6-7-12(13)19/h6-9H,1-5H3,(H,23,24)(H,20,21,22). The van der Waals surface area contributed by atoms with Gasteiger partial charge in [-0.25, -0.2) is 14.8 Å². The highest BCUT2D eigenvalue weighted by Gasteiger charge is 2.18. The van der Waals surface area contributed by atoms with E-state index in [0.29, 0.717) is 22.0 Å². The van der Waals surface area contributed by atoms with Crippen LogP contribution in [0.4, 0.5) is 11.6 Å². The van der Waals surface area contributed by atoms with Crippen molar-refractivity contribution in [2.75, 3.05) is 12.4 Å². The summed E-state index contributed by atoms with van der Waals surface area (Å²) < 4.78 is 4.70. The Morgan fingerprint density at radius 1 is 1.15 bits per heavy atom. The van der Waals surface area contributed by atoms with Crippen LogP contribution in [-0.2, 0) is 4.74 Å². The number of aryl methyl sites for hydroxylation is 1. The number of hydrogen-bond donors (Lipinski definition) is 2. The average molecular weight is 377 g/mol. The summed E-state index contributed by atoms with van der Waals surface area (Å²) in [5, 5.41) is 6.18. The summed E-state index contributed by atoms with van der Waals surface area (Å²) in [7, 11) is 1.30. The number of aromatic nitrogens is 2. The molecule has 0 radical (unpaired) electrons. The van der Waals surface area contributed by atoms with E-state index in [0.717, 1.165) is 0 Å². The molecule has 2 rings (SSSR count). The first kappa shape index (κ1) is 19.7. The summed E-state index contributed by atoms with van der Waals surface area (Å²) >= 11 is 6.17. The fourth-order valence-electron chi connectivity index (χ4n) is 2.13. The van der Waals surface area contributed by atoms with Crippen LogP contribution in [-0.4, -0.2) is 34.5 Å². The molecule has 0 spiro atoms. The van der Waals surface area contributed by atoms with Gasteiger partial charge in [-0.15, -0.1) is 0 Å². The predicted molar refractivity (Wildman–Crippen MR) is 100 cm³/mol. The Labute approximate surface area is 157 Å². The molecule has 2 aromatic rings. The molecule has 2 N–H and O–H groups in total. The molecule has 1 aromatic carbocycles. The third-order valence-electron chi connectivity index (χ3n) is 3.21. The van der Waals surface area contributed by atoms with E-state index in [1.165, 1.54) is 13.2 Å². The highest BCUT2D eigenvalue weighted by atomic mass is 35.5. The summed E-state index contributed by atoms with van der Waals surface area (Å²) in [5.74, 6) is -0.589. The molecule has 0 bridgehead atoms. The molecule has 0 atom stereocenters. The van der Waals surface area contributed by atoms with E-state index >= 15 is 0 Å². The van der Waals surface area contributed by atoms with Crippen LogP contribution in [0.1, 0.15) is 47.3 Å². The minimum absolute atomic E-state index is 0.202. The first-order valence-electron chi connectivity index (χ1n) is 7.92. The zero-order valence-electron chi connectivity index (χ0n) is 15.3. The molecular formula is C18H21ClN4O3. The van der Waals surface area contributed by atoms with Gasteiger partial charge in [0.15, 0.2) is 0 Å². The Hall–Kier alpha value is -2.67. The van der Waals surface area contributed by atoms with Gasteiger partial charge in [0.1, 0.15) is 5.69 Å². The van der Waals surface area contributed by atoms with E-state index in [9.17, 15) is 9.59 Å². The lowest BCUT2D eigenvalue weighted by molar-refractivity contribution is 0.0600. The lowest BCUT2D eigenvalue weighted by Crippen LogP contribution is -2.41. The monoisotopic (exact) mass is 376 g/mol. The minimum atomic E-state index is -0.486. The second kappa shape index (κ2) is 7.70. The van der Waals surface area contributed by atoms with Gasteiger partial charge in [0.2, 0.25) is 5.95 Å². The van der Waals surface area contributed by atoms with Gasteiger partial charge in [-0.3, -0.25) is 4.79 Å². The molecule has 0 aliphatic rings. The molecular weight excluding hydrogens is 356 g/mol. The Balaban J connectivity index is 2.33. The predicted octanol–water partition coefficient (Wildman–Crippen LogP) is 3.50. The highest BCUT2D eigenvalue weighted by Crippen LogP contribution is 2.26. The number of esters is 1. The second-order valence-electron chi connectivity index (χ2n) is 6.73. The number of carbonyl (C=O) groups excluding carboxylic acids is 2. The summed E-state index contributed by atoms with van der Waals surface area (Å²) in [6.45, 7) is 7.41. The van der Waals surface area contributed by atoms with Crippen LogP contribution in [0.25, 0.3) is 0 Å². The van der Waals surface area contributed by atoms with E-state index in [1.807, 2.05) is 20.8 Å². The summed E-state index contributed by atoms with van der Waals surface area (Å²) in [6, 6.07) is 6.26. The number of nitrogens with zero attached hydrogens (tertiary/aromatic N) is 2. The molecule has 1 amide bonds. The number of rotatable bonds is 4. The number of nitrogens with one attached hydrogen (secondary N) is 2. The Morgan fingerprint density at radius 3 is 2.46 bits per heavy atom. The molecule has 0 saturated carbocycles. The topological polar surface area (TPSA) is 93.2 Å². The Morgan fingerprint density at radius 2 is 1.85 bits per heavy atom. The lowest BCUT2D eigenvalue weighted by atomic mass is 10.1. The fraction of sp³-hybridized carbons (Fsp3) is 0.333. The van der Waals surface area contributed by atoms with E-state index in [4.69, 9.17) is 16.3 Å². The van der Waals surface area contributed by atoms with E-state index in [1.54, 1.807) is 25.1 Å². The van der Waals surface area contributed by atoms with Crippen molar-refractivity contribution >= 4 is 35.1 Å². The maximum Gasteiger partial charge on any atom is 0.337 e. The average Bonchev–Trinajstić information content (AvgIpc) is 2.54. The largest absolute Gasteiger partial charge is 0.465 e. The van der Waals surface area contributed by atoms with Crippen molar-refractivity contribution in [2.24, 2.45) is 0 Å². The van der Waals surface area contributed by atoms with E-state index in [2.05, 4.69) is 20.6 Å². The van der Waals surface area contributed by atoms with Crippen molar-refractivity contribution < 1.29 is 14.3 Å². The van der Waals surface area contributed by atoms with Crippen molar-refractivity contribution in [1.29, 1.82) is 0 Å². The quantitative estimate of drug-likeness (QED) is 0.793. The van der Waals surface area contributed by atoms with Gasteiger partial charge >= 0.3 is 5.97 Å². The van der Waals surface area contributed by atoms with E-state index in [-0.39, 0.29) is 23.1 Å². The third-order valence-corrected chi connectivity index (χ3v) is 3.54. The molecule has 1 heterocycles. The van der Waals surface area contributed by atoms with Crippen LogP contribution in [0.3, 0.4) is 0 Å². The van der Waals surface area contributed by atoms with Crippen LogP contribution in [0.2, 0.25) is 5.02 Å². The molecule has 0 aliphatic heterocycles. The smallest absolute Gasteiger partial charge is 0.337 e. The molecule has 138 valence electrons. The number of halogens is 1. The molecule has 1 aromatic heterocycles. The first-order valence-corrected chi connectivity index (χ1v) is 8.30. The number of anilines is 2. The van der Waals surface area contributed by atoms with Crippen LogP contribution >= 0.6 is 11.6 Å². The third kappa shape index (κ3) is 5.16. The first-order chi connectivity index (χ1) is 12.1. The van der Waals surface area contributed by atoms with Gasteiger partial charge in [0, 0.05) is 11.2 Å². The van der Waals surface area contributed by atoms with Crippen molar-refractivity contribution in [3.05, 3.63) is 46.2 Å². The fourth-order valence-corrected chi connectivity index (χ4v) is 2.30. The Bertz CT molecular complexity index is 847. The number of carbonyl (C=O) groups is 2. The molecule has 0 unspecified atom stereocenters. The molecule has 7 nitrogen and oxygen atoms in total. The van der Waals surface area contributed by atoms with Gasteiger partial charge in [-0.1, -0.05) is 11.6 Å². The molecule has 0 saturated heterocycles. The molecule has 8 heteroatoms. The van der Waals surface area contributed by atoms with Crippen LogP contribution in [0.15, 0.2) is 24.3 Å². The maximum absolute atomic E-state index is 12.3. The van der Waals surface area contributed by atoms with Gasteiger partial charge in [0.25, 0.3) is 5.91 Å². The SMILES string of the molecule is COC(=O)c1ccc(Cl)c(Nc2nc(C)cc(C(=O)NC(C)(C)C)n2)c1. The van der Waals surface area contributed by atoms with Gasteiger partial charge in [-0.05, 0) is 52.0 Å². The second-order valence-corrected chi connectivity index (χ2v) is 7.14. The molecule has 26 heavy (non-hydrogen) atoms. The van der Waals surface area contributed by atoms with Crippen molar-refractivity contribution in [3.63, 3.8) is 0 Å². The van der Waals surface area contributed by atoms with Crippen molar-refractivity contribution in [3.8, 4) is 0 Å². The summed E-state index contributed by atoms with van der Waals surface area (Å²) in [6.07, 6.45) is 0. The zero-order valence-corrected chi connectivity index (χ0v) is 16.1. The van der Waals surface area contributed by atoms with Crippen molar-refractivity contribution in [1.82, 2.24) is 15.3 Å². The summed E-state index contributed by atoms with van der Waals surface area (Å²) in [5.41, 5.74) is 1.22. The number of amides is 1. The molecule has 0 fully saturated rings. The highest BCUT2D eigenvalue weighted by molar-refractivity contribution is 6.33. The zero-order chi connectivity index (χ0) is 19.5. The number of hydrogen-bond acceptors (Lipinski definition) is 6. The maximum atomic E-state index is 12.3. The van der Waals surface area contributed by atoms with Crippen LogP contribution in [0.5, 0.6) is 0 Å². The molecule has 0 aliphatic carbocycles. The van der Waals surface area contributed by atoms with Crippen LogP contribution < -0.4 is 10.6 Å². The minimum Gasteiger partial charge on any atom is -0.465 e. The number of methoxy groups -OCH3 is 1. The number of benzene rings is 1. The van der Waals surface area contributed by atoms with Crippen molar-refractivity contribution in [2.45, 2.75) is 33.2 Å². The lowest BCUT2D eigenvalue weighted by Gasteiger charge is -2.20. The van der Waals surface area contributed by atoms with Gasteiger partial charge < -0.3 is 15.4 Å². The summed E-state index contributed by atoms with van der Waals surface area (Å²) in [4.78, 5) is 32.5. The van der Waals surface area contributed by atoms with Gasteiger partial charge in [-0.2, -0.15) is 0 Å². The van der Waals surface area contributed by atoms with E-state index < -0.39 is 5.97 Å². The Kier molecular flexibility index (Phi) is 5.82.